The van der Waals surface area contributed by atoms with Crippen molar-refractivity contribution in [3.05, 3.63) is 71.6 Å². The molecule has 6 nitrogen and oxygen atoms in total. The van der Waals surface area contributed by atoms with Crippen molar-refractivity contribution in [1.82, 2.24) is 19.9 Å². The highest BCUT2D eigenvalue weighted by molar-refractivity contribution is 5.37. The molecule has 0 spiro atoms. The van der Waals surface area contributed by atoms with E-state index >= 15 is 0 Å². The highest BCUT2D eigenvalue weighted by Gasteiger charge is 2.09. The first-order valence-electron chi connectivity index (χ1n) is 8.48. The van der Waals surface area contributed by atoms with Crippen LogP contribution in [0.3, 0.4) is 0 Å². The molecule has 0 aliphatic rings. The minimum atomic E-state index is -0.253. The van der Waals surface area contributed by atoms with E-state index in [2.05, 4.69) is 30.6 Å². The number of hydrogen-bond donors (Lipinski definition) is 2. The van der Waals surface area contributed by atoms with Gasteiger partial charge in [0, 0.05) is 24.9 Å². The molecule has 3 aromatic rings. The van der Waals surface area contributed by atoms with E-state index in [4.69, 9.17) is 0 Å². The summed E-state index contributed by atoms with van der Waals surface area (Å²) in [6, 6.07) is 12.2. The summed E-state index contributed by atoms with van der Waals surface area (Å²) in [6.45, 7) is 4.47. The molecule has 2 aromatic heterocycles. The first-order chi connectivity index (χ1) is 12.6. The minimum Gasteiger partial charge on any atom is -0.354 e. The quantitative estimate of drug-likeness (QED) is 0.677. The van der Waals surface area contributed by atoms with Crippen molar-refractivity contribution in [2.24, 2.45) is 0 Å². The van der Waals surface area contributed by atoms with Crippen molar-refractivity contribution < 1.29 is 4.39 Å². The average molecular weight is 352 g/mol. The number of aromatic nitrogens is 4. The molecule has 2 N–H and O–H groups in total. The lowest BCUT2D eigenvalue weighted by molar-refractivity contribution is 0.626. The zero-order valence-corrected chi connectivity index (χ0v) is 14.8. The van der Waals surface area contributed by atoms with Crippen molar-refractivity contribution in [1.29, 1.82) is 0 Å². The number of hydrogen-bond acceptors (Lipinski definition) is 6. The third kappa shape index (κ3) is 4.95. The summed E-state index contributed by atoms with van der Waals surface area (Å²) in [5, 5.41) is 6.43. The van der Waals surface area contributed by atoms with Gasteiger partial charge in [0.05, 0.1) is 6.04 Å². The van der Waals surface area contributed by atoms with Gasteiger partial charge >= 0.3 is 0 Å². The van der Waals surface area contributed by atoms with Crippen LogP contribution in [0.2, 0.25) is 0 Å². The summed E-state index contributed by atoms with van der Waals surface area (Å²) in [5.74, 6) is 1.36. The van der Waals surface area contributed by atoms with Gasteiger partial charge in [-0.05, 0) is 43.7 Å². The van der Waals surface area contributed by atoms with Crippen LogP contribution in [0.5, 0.6) is 0 Å². The normalized spacial score (nSPS) is 11.8. The van der Waals surface area contributed by atoms with E-state index in [0.29, 0.717) is 24.3 Å². The molecule has 1 atom stereocenters. The maximum Gasteiger partial charge on any atom is 0.228 e. The van der Waals surface area contributed by atoms with Gasteiger partial charge in [0.15, 0.2) is 0 Å². The number of anilines is 2. The van der Waals surface area contributed by atoms with Crippen LogP contribution >= 0.6 is 0 Å². The molecule has 134 valence electrons. The van der Waals surface area contributed by atoms with Gasteiger partial charge in [0.25, 0.3) is 0 Å². The van der Waals surface area contributed by atoms with Crippen molar-refractivity contribution >= 4 is 11.9 Å². The fourth-order valence-electron chi connectivity index (χ4n) is 2.50. The first kappa shape index (κ1) is 17.7. The number of nitrogens with one attached hydrogen (secondary N) is 2. The van der Waals surface area contributed by atoms with Crippen LogP contribution in [-0.4, -0.2) is 26.5 Å². The standard InChI is InChI=1S/C19H21FN6/c1-13(15-6-8-16(20)9-7-15)23-19-25-14(2)24-18(26-19)22-12-10-17-5-3-4-11-21-17/h3-9,11,13H,10,12H2,1-2H3,(H2,22,23,24,25,26). The van der Waals surface area contributed by atoms with Crippen molar-refractivity contribution in [3.63, 3.8) is 0 Å². The second kappa shape index (κ2) is 8.33. The molecule has 1 unspecified atom stereocenters. The summed E-state index contributed by atoms with van der Waals surface area (Å²) in [6.07, 6.45) is 2.56. The van der Waals surface area contributed by atoms with E-state index in [9.17, 15) is 4.39 Å². The van der Waals surface area contributed by atoms with E-state index in [-0.39, 0.29) is 11.9 Å². The molecule has 0 saturated heterocycles. The molecule has 0 radical (unpaired) electrons. The van der Waals surface area contributed by atoms with Crippen molar-refractivity contribution in [3.8, 4) is 0 Å². The predicted octanol–water partition coefficient (Wildman–Crippen LogP) is 3.54. The van der Waals surface area contributed by atoms with Gasteiger partial charge in [-0.2, -0.15) is 15.0 Å². The van der Waals surface area contributed by atoms with E-state index < -0.39 is 0 Å². The Morgan fingerprint density at radius 3 is 2.50 bits per heavy atom. The maximum absolute atomic E-state index is 13.1. The maximum atomic E-state index is 13.1. The van der Waals surface area contributed by atoms with Gasteiger partial charge in [-0.3, -0.25) is 4.98 Å². The van der Waals surface area contributed by atoms with E-state index in [1.165, 1.54) is 12.1 Å². The second-order valence-electron chi connectivity index (χ2n) is 5.95. The Balaban J connectivity index is 1.62. The molecule has 2 heterocycles. The Bertz CT molecular complexity index is 838. The van der Waals surface area contributed by atoms with E-state index in [1.54, 1.807) is 18.3 Å². The lowest BCUT2D eigenvalue weighted by atomic mass is 10.1. The molecule has 7 heteroatoms. The van der Waals surface area contributed by atoms with Gasteiger partial charge < -0.3 is 10.6 Å². The Labute approximate surface area is 152 Å². The van der Waals surface area contributed by atoms with Crippen molar-refractivity contribution in [2.45, 2.75) is 26.3 Å². The summed E-state index contributed by atoms with van der Waals surface area (Å²) >= 11 is 0. The van der Waals surface area contributed by atoms with Crippen LogP contribution < -0.4 is 10.6 Å². The Morgan fingerprint density at radius 1 is 1.00 bits per heavy atom. The average Bonchev–Trinajstić information content (AvgIpc) is 2.62. The topological polar surface area (TPSA) is 75.6 Å². The molecular formula is C19H21FN6. The zero-order valence-electron chi connectivity index (χ0n) is 14.8. The van der Waals surface area contributed by atoms with Gasteiger partial charge in [-0.25, -0.2) is 4.39 Å². The summed E-state index contributed by atoms with van der Waals surface area (Å²) in [7, 11) is 0. The summed E-state index contributed by atoms with van der Waals surface area (Å²) < 4.78 is 13.1. The lowest BCUT2D eigenvalue weighted by Crippen LogP contribution is -2.14. The van der Waals surface area contributed by atoms with Gasteiger partial charge in [-0.1, -0.05) is 18.2 Å². The largest absolute Gasteiger partial charge is 0.354 e. The third-order valence-corrected chi connectivity index (χ3v) is 3.85. The van der Waals surface area contributed by atoms with Crippen LogP contribution in [0.1, 0.15) is 30.0 Å². The Morgan fingerprint density at radius 2 is 1.77 bits per heavy atom. The molecule has 3 rings (SSSR count). The van der Waals surface area contributed by atoms with Crippen molar-refractivity contribution in [2.75, 3.05) is 17.2 Å². The summed E-state index contributed by atoms with van der Waals surface area (Å²) in [4.78, 5) is 17.3. The van der Waals surface area contributed by atoms with Gasteiger partial charge in [0.1, 0.15) is 11.6 Å². The molecule has 0 bridgehead atoms. The number of pyridine rings is 1. The molecule has 0 saturated carbocycles. The molecule has 0 aliphatic heterocycles. The second-order valence-corrected chi connectivity index (χ2v) is 5.95. The predicted molar refractivity (Wildman–Crippen MR) is 99.4 cm³/mol. The Hall–Kier alpha value is -3.09. The van der Waals surface area contributed by atoms with Crippen LogP contribution in [0.4, 0.5) is 16.3 Å². The monoisotopic (exact) mass is 352 g/mol. The molecule has 0 aliphatic carbocycles. The molecule has 26 heavy (non-hydrogen) atoms. The van der Waals surface area contributed by atoms with E-state index in [1.807, 2.05) is 32.0 Å². The summed E-state index contributed by atoms with van der Waals surface area (Å²) in [5.41, 5.74) is 1.96. The lowest BCUT2D eigenvalue weighted by Gasteiger charge is -2.15. The number of nitrogens with zero attached hydrogens (tertiary/aromatic N) is 4. The number of rotatable bonds is 7. The molecule has 1 aromatic carbocycles. The highest BCUT2D eigenvalue weighted by atomic mass is 19.1. The fourth-order valence-corrected chi connectivity index (χ4v) is 2.50. The number of benzene rings is 1. The van der Waals surface area contributed by atoms with Crippen LogP contribution in [0.25, 0.3) is 0 Å². The minimum absolute atomic E-state index is 0.0567. The Kier molecular flexibility index (Phi) is 5.68. The van der Waals surface area contributed by atoms with Gasteiger partial charge in [-0.15, -0.1) is 0 Å². The van der Waals surface area contributed by atoms with Crippen LogP contribution in [0.15, 0.2) is 48.7 Å². The smallest absolute Gasteiger partial charge is 0.228 e. The third-order valence-electron chi connectivity index (χ3n) is 3.85. The molecular weight excluding hydrogens is 331 g/mol. The SMILES string of the molecule is Cc1nc(NCCc2ccccn2)nc(NC(C)c2ccc(F)cc2)n1. The fraction of sp³-hybridized carbons (Fsp3) is 0.263. The highest BCUT2D eigenvalue weighted by Crippen LogP contribution is 2.18. The van der Waals surface area contributed by atoms with Crippen LogP contribution in [-0.2, 0) is 6.42 Å². The zero-order chi connectivity index (χ0) is 18.4. The van der Waals surface area contributed by atoms with Crippen LogP contribution in [0, 0.1) is 12.7 Å². The molecule has 0 amide bonds. The number of aryl methyl sites for hydroxylation is 1. The molecule has 0 fully saturated rings. The van der Waals surface area contributed by atoms with E-state index in [0.717, 1.165) is 17.7 Å². The first-order valence-corrected chi connectivity index (χ1v) is 8.48. The number of halogens is 1. The van der Waals surface area contributed by atoms with Gasteiger partial charge in [0.2, 0.25) is 11.9 Å².